The van der Waals surface area contributed by atoms with Gasteiger partial charge in [-0.2, -0.15) is 0 Å². The van der Waals surface area contributed by atoms with Crippen molar-refractivity contribution in [2.75, 3.05) is 19.6 Å². The first kappa shape index (κ1) is 14.8. The van der Waals surface area contributed by atoms with E-state index in [0.29, 0.717) is 17.0 Å². The molecular formula is C18H34N2. The average molecular weight is 278 g/mol. The first-order chi connectivity index (χ1) is 9.49. The molecule has 3 rings (SSSR count). The zero-order valence-electron chi connectivity index (χ0n) is 13.9. The monoisotopic (exact) mass is 278 g/mol. The van der Waals surface area contributed by atoms with Gasteiger partial charge in [0.25, 0.3) is 0 Å². The largest absolute Gasteiger partial charge is 0.308 e. The summed E-state index contributed by atoms with van der Waals surface area (Å²) in [7, 11) is 0. The molecule has 0 bridgehead atoms. The van der Waals surface area contributed by atoms with E-state index in [9.17, 15) is 0 Å². The van der Waals surface area contributed by atoms with Crippen molar-refractivity contribution in [3.05, 3.63) is 0 Å². The molecule has 20 heavy (non-hydrogen) atoms. The van der Waals surface area contributed by atoms with E-state index in [1.807, 2.05) is 0 Å². The third kappa shape index (κ3) is 3.39. The van der Waals surface area contributed by atoms with Crippen molar-refractivity contribution in [3.8, 4) is 0 Å². The summed E-state index contributed by atoms with van der Waals surface area (Å²) in [4.78, 5) is 2.86. The quantitative estimate of drug-likeness (QED) is 0.844. The van der Waals surface area contributed by atoms with E-state index in [-0.39, 0.29) is 0 Å². The third-order valence-electron chi connectivity index (χ3n) is 5.95. The van der Waals surface area contributed by atoms with Gasteiger partial charge in [-0.05, 0) is 37.1 Å². The Morgan fingerprint density at radius 1 is 1.10 bits per heavy atom. The Balaban J connectivity index is 1.66. The van der Waals surface area contributed by atoms with Gasteiger partial charge in [0.05, 0.1) is 0 Å². The molecule has 3 fully saturated rings. The first-order valence-corrected chi connectivity index (χ1v) is 8.98. The fraction of sp³-hybridized carbons (Fsp3) is 1.00. The molecule has 1 saturated heterocycles. The van der Waals surface area contributed by atoms with Crippen LogP contribution >= 0.6 is 0 Å². The molecule has 1 aliphatic heterocycles. The number of piperazine rings is 1. The average Bonchev–Trinajstić information content (AvgIpc) is 3.20. The van der Waals surface area contributed by atoms with E-state index in [0.717, 1.165) is 5.92 Å². The van der Waals surface area contributed by atoms with Crippen LogP contribution in [0.1, 0.15) is 72.1 Å². The maximum atomic E-state index is 3.98. The Labute approximate surface area is 125 Å². The Hall–Kier alpha value is -0.0800. The van der Waals surface area contributed by atoms with E-state index in [2.05, 4.69) is 31.0 Å². The summed E-state index contributed by atoms with van der Waals surface area (Å²) in [6.45, 7) is 11.1. The lowest BCUT2D eigenvalue weighted by Crippen LogP contribution is -2.67. The molecule has 1 N–H and O–H groups in total. The van der Waals surface area contributed by atoms with Crippen molar-refractivity contribution >= 4 is 0 Å². The van der Waals surface area contributed by atoms with Gasteiger partial charge < -0.3 is 5.32 Å². The molecule has 0 amide bonds. The van der Waals surface area contributed by atoms with E-state index >= 15 is 0 Å². The summed E-state index contributed by atoms with van der Waals surface area (Å²) < 4.78 is 0. The molecule has 2 nitrogen and oxygen atoms in total. The highest BCUT2D eigenvalue weighted by molar-refractivity contribution is 5.02. The molecular weight excluding hydrogens is 244 g/mol. The summed E-state index contributed by atoms with van der Waals surface area (Å²) in [5.41, 5.74) is 0.858. The number of nitrogens with one attached hydrogen (secondary N) is 1. The molecule has 2 heteroatoms. The molecule has 3 aliphatic rings. The van der Waals surface area contributed by atoms with Crippen molar-refractivity contribution in [2.45, 2.75) is 83.7 Å². The number of hydrogen-bond acceptors (Lipinski definition) is 2. The highest BCUT2D eigenvalue weighted by Crippen LogP contribution is 2.38. The van der Waals surface area contributed by atoms with Gasteiger partial charge in [0.15, 0.2) is 0 Å². The van der Waals surface area contributed by atoms with Gasteiger partial charge in [0, 0.05) is 24.7 Å². The maximum Gasteiger partial charge on any atom is 0.0309 e. The number of rotatable bonds is 3. The summed E-state index contributed by atoms with van der Waals surface area (Å²) in [6, 6.07) is 0.716. The van der Waals surface area contributed by atoms with Gasteiger partial charge in [-0.3, -0.25) is 4.90 Å². The van der Waals surface area contributed by atoms with Crippen LogP contribution in [0.4, 0.5) is 0 Å². The normalized spacial score (nSPS) is 31.6. The summed E-state index contributed by atoms with van der Waals surface area (Å²) in [5, 5.41) is 3.98. The van der Waals surface area contributed by atoms with Crippen LogP contribution in [-0.2, 0) is 0 Å². The van der Waals surface area contributed by atoms with Crippen molar-refractivity contribution < 1.29 is 0 Å². The lowest BCUT2D eigenvalue weighted by atomic mass is 9.76. The standard InChI is InChI=1S/C18H34N2/c1-17(2,3)16-13-19-18(10-5-4-6-11-18)14-20(16)12-9-15-7-8-15/h15-16,19H,4-14H2,1-3H3. The van der Waals surface area contributed by atoms with Crippen molar-refractivity contribution in [3.63, 3.8) is 0 Å². The second kappa shape index (κ2) is 5.61. The minimum absolute atomic E-state index is 0.396. The molecule has 1 atom stereocenters. The topological polar surface area (TPSA) is 15.3 Å². The van der Waals surface area contributed by atoms with Gasteiger partial charge in [-0.1, -0.05) is 52.9 Å². The maximum absolute atomic E-state index is 3.98. The van der Waals surface area contributed by atoms with E-state index in [4.69, 9.17) is 0 Å². The predicted octanol–water partition coefficient (Wildman–Crippen LogP) is 3.81. The van der Waals surface area contributed by atoms with Crippen LogP contribution in [-0.4, -0.2) is 36.1 Å². The first-order valence-electron chi connectivity index (χ1n) is 8.98. The van der Waals surface area contributed by atoms with Crippen molar-refractivity contribution in [2.24, 2.45) is 11.3 Å². The molecule has 0 aromatic carbocycles. The van der Waals surface area contributed by atoms with Crippen LogP contribution < -0.4 is 5.32 Å². The fourth-order valence-electron chi connectivity index (χ4n) is 4.40. The minimum atomic E-state index is 0.396. The highest BCUT2D eigenvalue weighted by Gasteiger charge is 2.43. The molecule has 1 unspecified atom stereocenters. The van der Waals surface area contributed by atoms with Gasteiger partial charge in [-0.15, -0.1) is 0 Å². The molecule has 2 aliphatic carbocycles. The van der Waals surface area contributed by atoms with E-state index in [1.54, 1.807) is 0 Å². The lowest BCUT2D eigenvalue weighted by Gasteiger charge is -2.53. The predicted molar refractivity (Wildman–Crippen MR) is 86.0 cm³/mol. The fourth-order valence-corrected chi connectivity index (χ4v) is 4.40. The number of nitrogens with zero attached hydrogens (tertiary/aromatic N) is 1. The third-order valence-corrected chi connectivity index (χ3v) is 5.95. The highest BCUT2D eigenvalue weighted by atomic mass is 15.3. The molecule has 116 valence electrons. The smallest absolute Gasteiger partial charge is 0.0309 e. The van der Waals surface area contributed by atoms with Crippen molar-refractivity contribution in [1.29, 1.82) is 0 Å². The van der Waals surface area contributed by atoms with Crippen molar-refractivity contribution in [1.82, 2.24) is 10.2 Å². The minimum Gasteiger partial charge on any atom is -0.308 e. The molecule has 0 aromatic rings. The Kier molecular flexibility index (Phi) is 4.16. The molecule has 1 heterocycles. The van der Waals surface area contributed by atoms with E-state index < -0.39 is 0 Å². The van der Waals surface area contributed by atoms with Crippen LogP contribution in [0.25, 0.3) is 0 Å². The molecule has 2 saturated carbocycles. The summed E-state index contributed by atoms with van der Waals surface area (Å²) >= 11 is 0. The van der Waals surface area contributed by atoms with Crippen LogP contribution in [0, 0.1) is 11.3 Å². The van der Waals surface area contributed by atoms with Gasteiger partial charge in [0.1, 0.15) is 0 Å². The zero-order chi connectivity index (χ0) is 14.2. The number of hydrogen-bond donors (Lipinski definition) is 1. The molecule has 1 spiro atoms. The van der Waals surface area contributed by atoms with Crippen LogP contribution in [0.15, 0.2) is 0 Å². The summed E-state index contributed by atoms with van der Waals surface area (Å²) in [5.74, 6) is 1.06. The Morgan fingerprint density at radius 3 is 2.40 bits per heavy atom. The Bertz CT molecular complexity index is 321. The van der Waals surface area contributed by atoms with Crippen LogP contribution in [0.5, 0.6) is 0 Å². The van der Waals surface area contributed by atoms with Gasteiger partial charge in [0.2, 0.25) is 0 Å². The molecule has 0 radical (unpaired) electrons. The second-order valence-corrected chi connectivity index (χ2v) is 8.81. The lowest BCUT2D eigenvalue weighted by molar-refractivity contribution is 0.00705. The molecule has 0 aromatic heterocycles. The van der Waals surface area contributed by atoms with Gasteiger partial charge in [-0.25, -0.2) is 0 Å². The zero-order valence-corrected chi connectivity index (χ0v) is 13.9. The summed E-state index contributed by atoms with van der Waals surface area (Å²) in [6.07, 6.45) is 11.6. The Morgan fingerprint density at radius 2 is 1.80 bits per heavy atom. The SMILES string of the molecule is CC(C)(C)C1CNC2(CCCCC2)CN1CCC1CC1. The van der Waals surface area contributed by atoms with Crippen LogP contribution in [0.2, 0.25) is 0 Å². The van der Waals surface area contributed by atoms with E-state index in [1.165, 1.54) is 71.0 Å². The second-order valence-electron chi connectivity index (χ2n) is 8.81. The van der Waals surface area contributed by atoms with Gasteiger partial charge >= 0.3 is 0 Å². The van der Waals surface area contributed by atoms with Crippen LogP contribution in [0.3, 0.4) is 0 Å².